The van der Waals surface area contributed by atoms with Crippen LogP contribution in [0.3, 0.4) is 0 Å². The van der Waals surface area contributed by atoms with Crippen molar-refractivity contribution in [3.05, 3.63) is 23.9 Å². The molecule has 1 aliphatic heterocycles. The highest BCUT2D eigenvalue weighted by Crippen LogP contribution is 2.21. The molecule has 1 aliphatic rings. The van der Waals surface area contributed by atoms with E-state index in [2.05, 4.69) is 15.0 Å². The smallest absolute Gasteiger partial charge is 0.422 e. The molecule has 0 aromatic carbocycles. The molecule has 6 nitrogen and oxygen atoms in total. The number of anilines is 1. The number of aromatic nitrogens is 1. The summed E-state index contributed by atoms with van der Waals surface area (Å²) in [6, 6.07) is 2.55. The van der Waals surface area contributed by atoms with Crippen LogP contribution in [0.4, 0.5) is 23.8 Å². The second-order valence-electron chi connectivity index (χ2n) is 5.23. The summed E-state index contributed by atoms with van der Waals surface area (Å²) in [7, 11) is 0. The Morgan fingerprint density at radius 2 is 2.22 bits per heavy atom. The van der Waals surface area contributed by atoms with Crippen molar-refractivity contribution in [2.75, 3.05) is 18.5 Å². The molecular weight excluding hydrogens is 315 g/mol. The average Bonchev–Trinajstić information content (AvgIpc) is 2.93. The van der Waals surface area contributed by atoms with E-state index in [-0.39, 0.29) is 6.54 Å². The van der Waals surface area contributed by atoms with E-state index in [1.807, 2.05) is 6.92 Å². The number of amides is 2. The zero-order valence-electron chi connectivity index (χ0n) is 12.4. The molecule has 1 N–H and O–H groups in total. The van der Waals surface area contributed by atoms with Gasteiger partial charge in [-0.2, -0.15) is 13.2 Å². The molecule has 0 saturated carbocycles. The number of nitrogens with zero attached hydrogens (tertiary/aromatic N) is 2. The molecule has 1 saturated heterocycles. The van der Waals surface area contributed by atoms with Crippen LogP contribution in [0.5, 0.6) is 0 Å². The number of hydrogen-bond donors (Lipinski definition) is 1. The van der Waals surface area contributed by atoms with Gasteiger partial charge in [-0.25, -0.2) is 9.78 Å². The molecule has 1 fully saturated rings. The van der Waals surface area contributed by atoms with Crippen LogP contribution in [0.15, 0.2) is 18.3 Å². The second-order valence-corrected chi connectivity index (χ2v) is 5.23. The van der Waals surface area contributed by atoms with Gasteiger partial charge in [-0.15, -0.1) is 0 Å². The maximum Gasteiger partial charge on any atom is 0.422 e. The van der Waals surface area contributed by atoms with Gasteiger partial charge in [0.25, 0.3) is 0 Å². The largest absolute Gasteiger partial charge is 0.440 e. The first-order chi connectivity index (χ1) is 10.8. The SMILES string of the molecule is Cc1ccnc(NC(=O)[C@H]2CCCN2C(=O)OCC(F)(F)F)c1. The Bertz CT molecular complexity index is 592. The zero-order valence-corrected chi connectivity index (χ0v) is 12.4. The topological polar surface area (TPSA) is 71.5 Å². The average molecular weight is 331 g/mol. The maximum atomic E-state index is 12.2. The molecule has 126 valence electrons. The van der Waals surface area contributed by atoms with Crippen molar-refractivity contribution in [1.29, 1.82) is 0 Å². The molecule has 1 aromatic heterocycles. The summed E-state index contributed by atoms with van der Waals surface area (Å²) in [4.78, 5) is 28.9. The number of likely N-dealkylation sites (tertiary alicyclic amines) is 1. The first kappa shape index (κ1) is 17.0. The van der Waals surface area contributed by atoms with E-state index in [1.54, 1.807) is 12.1 Å². The Morgan fingerprint density at radius 3 is 2.87 bits per heavy atom. The molecule has 0 spiro atoms. The monoisotopic (exact) mass is 331 g/mol. The van der Waals surface area contributed by atoms with Crippen molar-refractivity contribution in [1.82, 2.24) is 9.88 Å². The van der Waals surface area contributed by atoms with Gasteiger partial charge in [-0.05, 0) is 37.5 Å². The van der Waals surface area contributed by atoms with Crippen LogP contribution in [-0.4, -0.2) is 47.3 Å². The van der Waals surface area contributed by atoms with Gasteiger partial charge in [0.2, 0.25) is 5.91 Å². The van der Waals surface area contributed by atoms with Gasteiger partial charge in [0.1, 0.15) is 11.9 Å². The fourth-order valence-electron chi connectivity index (χ4n) is 2.30. The van der Waals surface area contributed by atoms with E-state index >= 15 is 0 Å². The molecule has 1 atom stereocenters. The van der Waals surface area contributed by atoms with E-state index in [4.69, 9.17) is 0 Å². The number of nitrogens with one attached hydrogen (secondary N) is 1. The summed E-state index contributed by atoms with van der Waals surface area (Å²) in [6.07, 6.45) is -3.34. The molecule has 23 heavy (non-hydrogen) atoms. The van der Waals surface area contributed by atoms with Crippen molar-refractivity contribution < 1.29 is 27.5 Å². The summed E-state index contributed by atoms with van der Waals surface area (Å²) in [6.45, 7) is 0.333. The lowest BCUT2D eigenvalue weighted by Gasteiger charge is -2.23. The minimum absolute atomic E-state index is 0.177. The van der Waals surface area contributed by atoms with Crippen LogP contribution >= 0.6 is 0 Å². The molecule has 0 aliphatic carbocycles. The predicted octanol–water partition coefficient (Wildman–Crippen LogP) is 2.49. The Kier molecular flexibility index (Phi) is 5.07. The van der Waals surface area contributed by atoms with Crippen LogP contribution in [0, 0.1) is 6.92 Å². The summed E-state index contributed by atoms with van der Waals surface area (Å²) < 4.78 is 40.5. The van der Waals surface area contributed by atoms with Gasteiger partial charge in [-0.1, -0.05) is 0 Å². The number of rotatable bonds is 3. The summed E-state index contributed by atoms with van der Waals surface area (Å²) >= 11 is 0. The van der Waals surface area contributed by atoms with Crippen LogP contribution in [0.1, 0.15) is 18.4 Å². The second kappa shape index (κ2) is 6.84. The number of carbonyl (C=O) groups excluding carboxylic acids is 2. The number of alkyl halides is 3. The van der Waals surface area contributed by atoms with E-state index in [0.29, 0.717) is 18.7 Å². The Hall–Kier alpha value is -2.32. The lowest BCUT2D eigenvalue weighted by molar-refractivity contribution is -0.162. The van der Waals surface area contributed by atoms with Crippen LogP contribution < -0.4 is 5.32 Å². The van der Waals surface area contributed by atoms with Gasteiger partial charge < -0.3 is 10.1 Å². The molecule has 1 aromatic rings. The van der Waals surface area contributed by atoms with Crippen molar-refractivity contribution in [3.8, 4) is 0 Å². The zero-order chi connectivity index (χ0) is 17.0. The van der Waals surface area contributed by atoms with Crippen LogP contribution in [0.25, 0.3) is 0 Å². The van der Waals surface area contributed by atoms with Gasteiger partial charge in [0.05, 0.1) is 0 Å². The highest BCUT2D eigenvalue weighted by atomic mass is 19.4. The first-order valence-electron chi connectivity index (χ1n) is 7.00. The lowest BCUT2D eigenvalue weighted by atomic mass is 10.2. The third-order valence-electron chi connectivity index (χ3n) is 3.32. The van der Waals surface area contributed by atoms with Crippen molar-refractivity contribution >= 4 is 17.8 Å². The third-order valence-corrected chi connectivity index (χ3v) is 3.32. The number of pyridine rings is 1. The number of hydrogen-bond acceptors (Lipinski definition) is 4. The number of carbonyl (C=O) groups is 2. The minimum Gasteiger partial charge on any atom is -0.440 e. The predicted molar refractivity (Wildman–Crippen MR) is 74.7 cm³/mol. The number of ether oxygens (including phenoxy) is 1. The fourth-order valence-corrected chi connectivity index (χ4v) is 2.30. The van der Waals surface area contributed by atoms with Crippen LogP contribution in [-0.2, 0) is 9.53 Å². The Morgan fingerprint density at radius 1 is 1.48 bits per heavy atom. The molecule has 9 heteroatoms. The van der Waals surface area contributed by atoms with Crippen molar-refractivity contribution in [2.24, 2.45) is 0 Å². The van der Waals surface area contributed by atoms with Gasteiger partial charge in [0.15, 0.2) is 6.61 Å². The van der Waals surface area contributed by atoms with E-state index in [9.17, 15) is 22.8 Å². The standard InChI is InChI=1S/C14H16F3N3O3/c1-9-4-5-18-11(7-9)19-12(21)10-3-2-6-20(10)13(22)23-8-14(15,16)17/h4-5,7,10H,2-3,6,8H2,1H3,(H,18,19,21)/t10-/m1/s1. The van der Waals surface area contributed by atoms with Crippen molar-refractivity contribution in [2.45, 2.75) is 32.0 Å². The van der Waals surface area contributed by atoms with Gasteiger partial charge in [0, 0.05) is 12.7 Å². The number of aryl methyl sites for hydroxylation is 1. The summed E-state index contributed by atoms with van der Waals surface area (Å²) in [5.41, 5.74) is 0.892. The van der Waals surface area contributed by atoms with E-state index < -0.39 is 30.8 Å². The lowest BCUT2D eigenvalue weighted by Crippen LogP contribution is -2.44. The quantitative estimate of drug-likeness (QED) is 0.924. The van der Waals surface area contributed by atoms with E-state index in [0.717, 1.165) is 10.5 Å². The third kappa shape index (κ3) is 4.83. The highest BCUT2D eigenvalue weighted by Gasteiger charge is 2.37. The summed E-state index contributed by atoms with van der Waals surface area (Å²) in [5.74, 6) is -0.171. The Labute approximate surface area is 130 Å². The normalized spacial score (nSPS) is 17.9. The molecule has 2 rings (SSSR count). The molecule has 2 amide bonds. The van der Waals surface area contributed by atoms with Crippen LogP contribution in [0.2, 0.25) is 0 Å². The Balaban J connectivity index is 1.97. The molecule has 0 unspecified atom stereocenters. The highest BCUT2D eigenvalue weighted by molar-refractivity contribution is 5.96. The number of halogens is 3. The fraction of sp³-hybridized carbons (Fsp3) is 0.500. The summed E-state index contributed by atoms with van der Waals surface area (Å²) in [5, 5.41) is 2.56. The molecular formula is C14H16F3N3O3. The first-order valence-corrected chi connectivity index (χ1v) is 7.00. The molecule has 2 heterocycles. The van der Waals surface area contributed by atoms with Gasteiger partial charge >= 0.3 is 12.3 Å². The molecule has 0 radical (unpaired) electrons. The van der Waals surface area contributed by atoms with Crippen molar-refractivity contribution in [3.63, 3.8) is 0 Å². The van der Waals surface area contributed by atoms with E-state index in [1.165, 1.54) is 6.20 Å². The minimum atomic E-state index is -4.60. The molecule has 0 bridgehead atoms. The maximum absolute atomic E-state index is 12.2. The van der Waals surface area contributed by atoms with Gasteiger partial charge in [-0.3, -0.25) is 9.69 Å².